The van der Waals surface area contributed by atoms with Gasteiger partial charge in [-0.05, 0) is 19.4 Å². The molecule has 11 heavy (non-hydrogen) atoms. The summed E-state index contributed by atoms with van der Waals surface area (Å²) in [5.74, 6) is -0.320. The lowest BCUT2D eigenvalue weighted by atomic mass is 10.3. The molecule has 0 aliphatic carbocycles. The Labute approximate surface area is 67.6 Å². The fourth-order valence-electron chi connectivity index (χ4n) is 0.539. The van der Waals surface area contributed by atoms with Gasteiger partial charge in [-0.1, -0.05) is 13.3 Å². The third-order valence-electron chi connectivity index (χ3n) is 1.04. The lowest BCUT2D eigenvalue weighted by molar-refractivity contribution is -0.137. The van der Waals surface area contributed by atoms with Gasteiger partial charge in [0.1, 0.15) is 0 Å². The van der Waals surface area contributed by atoms with Crippen molar-refractivity contribution < 1.29 is 9.53 Å². The largest absolute Gasteiger partial charge is 0.462 e. The fraction of sp³-hybridized carbons (Fsp3) is 0.556. The average Bonchev–Trinajstić information content (AvgIpc) is 1.99. The van der Waals surface area contributed by atoms with E-state index in [1.807, 2.05) is 6.08 Å². The summed E-state index contributed by atoms with van der Waals surface area (Å²) >= 11 is 0. The monoisotopic (exact) mass is 154 g/mol. The van der Waals surface area contributed by atoms with Gasteiger partial charge in [0.25, 0.3) is 0 Å². The van der Waals surface area contributed by atoms with Crippen LogP contribution in [0.25, 0.3) is 0 Å². The lowest BCUT2D eigenvalue weighted by Gasteiger charge is -1.91. The van der Waals surface area contributed by atoms with Crippen molar-refractivity contribution >= 4 is 5.97 Å². The summed E-state index contributed by atoms with van der Waals surface area (Å²) in [5, 5.41) is 0. The van der Waals surface area contributed by atoms with Crippen LogP contribution in [0.15, 0.2) is 17.9 Å². The van der Waals surface area contributed by atoms with Crippen molar-refractivity contribution in [2.75, 3.05) is 6.61 Å². The van der Waals surface area contributed by atoms with Gasteiger partial charge in [-0.2, -0.15) is 0 Å². The first kappa shape index (κ1) is 9.99. The molecule has 2 heteroatoms. The van der Waals surface area contributed by atoms with E-state index in [2.05, 4.69) is 17.4 Å². The van der Waals surface area contributed by atoms with Crippen LogP contribution in [0.3, 0.4) is 0 Å². The highest BCUT2D eigenvalue weighted by Crippen LogP contribution is 1.86. The molecular weight excluding hydrogens is 140 g/mol. The van der Waals surface area contributed by atoms with E-state index < -0.39 is 0 Å². The topological polar surface area (TPSA) is 26.3 Å². The summed E-state index contributed by atoms with van der Waals surface area (Å²) in [6.07, 6.45) is 5.18. The molecule has 0 aliphatic rings. The zero-order chi connectivity index (χ0) is 8.53. The summed E-state index contributed by atoms with van der Waals surface area (Å²) in [4.78, 5) is 10.6. The van der Waals surface area contributed by atoms with Crippen molar-refractivity contribution in [2.24, 2.45) is 0 Å². The van der Waals surface area contributed by atoms with Gasteiger partial charge in [0.15, 0.2) is 0 Å². The first-order chi connectivity index (χ1) is 5.31. The van der Waals surface area contributed by atoms with Gasteiger partial charge in [0.05, 0.1) is 12.7 Å². The van der Waals surface area contributed by atoms with Gasteiger partial charge >= 0.3 is 5.97 Å². The number of hydrogen-bond donors (Lipinski definition) is 0. The normalized spacial score (nSPS) is 8.18. The van der Waals surface area contributed by atoms with Crippen molar-refractivity contribution in [3.8, 4) is 0 Å². The molecule has 0 heterocycles. The second kappa shape index (κ2) is 7.10. The molecule has 0 aromatic rings. The van der Waals surface area contributed by atoms with Crippen molar-refractivity contribution in [3.63, 3.8) is 0 Å². The predicted octanol–water partition coefficient (Wildman–Crippen LogP) is 2.06. The van der Waals surface area contributed by atoms with Crippen LogP contribution < -0.4 is 0 Å². The van der Waals surface area contributed by atoms with Crippen molar-refractivity contribution in [2.45, 2.75) is 26.7 Å². The molecule has 2 nitrogen and oxygen atoms in total. The van der Waals surface area contributed by atoms with Gasteiger partial charge in [-0.25, -0.2) is 4.79 Å². The Morgan fingerprint density at radius 2 is 2.27 bits per heavy atom. The number of hydrogen-bond acceptors (Lipinski definition) is 2. The Balaban J connectivity index is 3.63. The summed E-state index contributed by atoms with van der Waals surface area (Å²) in [6.45, 7) is 4.27. The number of ether oxygens (including phenoxy) is 1. The first-order valence-electron chi connectivity index (χ1n) is 3.89. The van der Waals surface area contributed by atoms with Crippen molar-refractivity contribution in [1.82, 2.24) is 0 Å². The van der Waals surface area contributed by atoms with Crippen LogP contribution in [0, 0.1) is 0 Å². The van der Waals surface area contributed by atoms with E-state index in [9.17, 15) is 4.79 Å². The number of rotatable bonds is 4. The van der Waals surface area contributed by atoms with Gasteiger partial charge in [0, 0.05) is 0 Å². The molecule has 0 spiro atoms. The Hall–Kier alpha value is -1.01. The molecule has 0 fully saturated rings. The molecule has 0 amide bonds. The molecule has 0 atom stereocenters. The van der Waals surface area contributed by atoms with Crippen LogP contribution in [0.2, 0.25) is 0 Å². The van der Waals surface area contributed by atoms with E-state index in [0.29, 0.717) is 6.61 Å². The van der Waals surface area contributed by atoms with Gasteiger partial charge in [0.2, 0.25) is 0 Å². The number of carbonyl (C=O) groups is 1. The van der Waals surface area contributed by atoms with Crippen LogP contribution in [0.1, 0.15) is 26.7 Å². The molecule has 0 saturated heterocycles. The van der Waals surface area contributed by atoms with Crippen LogP contribution in [0.5, 0.6) is 0 Å². The quantitative estimate of drug-likeness (QED) is 0.352. The second-order valence-electron chi connectivity index (χ2n) is 2.06. The fourth-order valence-corrected chi connectivity index (χ4v) is 0.539. The highest BCUT2D eigenvalue weighted by Gasteiger charge is 1.89. The van der Waals surface area contributed by atoms with E-state index >= 15 is 0 Å². The molecule has 0 bridgehead atoms. The molecular formula is C9H14O2. The molecule has 0 unspecified atom stereocenters. The Morgan fingerprint density at radius 1 is 1.55 bits per heavy atom. The molecule has 0 rings (SSSR count). The smallest absolute Gasteiger partial charge is 0.338 e. The van der Waals surface area contributed by atoms with Crippen LogP contribution >= 0.6 is 0 Å². The second-order valence-corrected chi connectivity index (χ2v) is 2.06. The third kappa shape index (κ3) is 6.88. The zero-order valence-corrected chi connectivity index (χ0v) is 7.09. The number of esters is 1. The minimum atomic E-state index is -0.320. The summed E-state index contributed by atoms with van der Waals surface area (Å²) in [6, 6.07) is 0. The molecule has 0 radical (unpaired) electrons. The van der Waals surface area contributed by atoms with E-state index in [0.717, 1.165) is 12.8 Å². The minimum Gasteiger partial charge on any atom is -0.462 e. The lowest BCUT2D eigenvalue weighted by Crippen LogP contribution is -1.97. The molecule has 0 N–H and O–H groups in total. The number of unbranched alkanes of at least 4 members (excludes halogenated alkanes) is 1. The maximum Gasteiger partial charge on any atom is 0.338 e. The van der Waals surface area contributed by atoms with E-state index in [1.54, 1.807) is 6.92 Å². The predicted molar refractivity (Wildman–Crippen MR) is 44.2 cm³/mol. The Bertz CT molecular complexity index is 164. The molecule has 0 aliphatic heterocycles. The Morgan fingerprint density at radius 3 is 2.82 bits per heavy atom. The average molecular weight is 154 g/mol. The van der Waals surface area contributed by atoms with Gasteiger partial charge in [-0.15, -0.1) is 5.73 Å². The van der Waals surface area contributed by atoms with Crippen LogP contribution in [-0.2, 0) is 9.53 Å². The van der Waals surface area contributed by atoms with Gasteiger partial charge < -0.3 is 4.74 Å². The van der Waals surface area contributed by atoms with E-state index in [1.165, 1.54) is 6.08 Å². The third-order valence-corrected chi connectivity index (χ3v) is 1.04. The highest BCUT2D eigenvalue weighted by molar-refractivity contribution is 5.81. The van der Waals surface area contributed by atoms with Crippen LogP contribution in [0.4, 0.5) is 0 Å². The minimum absolute atomic E-state index is 0.320. The molecule has 0 aromatic heterocycles. The van der Waals surface area contributed by atoms with Crippen molar-refractivity contribution in [1.29, 1.82) is 0 Å². The summed E-state index contributed by atoms with van der Waals surface area (Å²) < 4.78 is 4.65. The first-order valence-corrected chi connectivity index (χ1v) is 3.89. The van der Waals surface area contributed by atoms with E-state index in [4.69, 9.17) is 0 Å². The standard InChI is InChI=1S/C9H14O2/c1-3-5-6-7-8-9(10)11-4-2/h6,8H,3-5H2,1-2H3. The number of carbonyl (C=O) groups excluding carboxylic acids is 1. The van der Waals surface area contributed by atoms with Crippen molar-refractivity contribution in [3.05, 3.63) is 17.9 Å². The van der Waals surface area contributed by atoms with E-state index in [-0.39, 0.29) is 5.97 Å². The molecule has 62 valence electrons. The summed E-state index contributed by atoms with van der Waals surface area (Å²) in [7, 11) is 0. The maximum atomic E-state index is 10.6. The maximum absolute atomic E-state index is 10.6. The molecule has 0 saturated carbocycles. The summed E-state index contributed by atoms with van der Waals surface area (Å²) in [5.41, 5.74) is 2.75. The highest BCUT2D eigenvalue weighted by atomic mass is 16.5. The zero-order valence-electron chi connectivity index (χ0n) is 7.09. The van der Waals surface area contributed by atoms with Crippen LogP contribution in [-0.4, -0.2) is 12.6 Å². The Kier molecular flexibility index (Phi) is 6.45. The SMILES string of the molecule is CCCC=C=CC(=O)OCC. The molecule has 0 aromatic carbocycles. The van der Waals surface area contributed by atoms with Gasteiger partial charge in [-0.3, -0.25) is 0 Å².